The second-order valence-corrected chi connectivity index (χ2v) is 6.33. The minimum Gasteiger partial charge on any atom is -0.460 e. The number of hydrazone groups is 1. The molecular formula is C19H21N3O3S. The topological polar surface area (TPSA) is 75.9 Å². The van der Waals surface area contributed by atoms with Crippen molar-refractivity contribution in [3.05, 3.63) is 53.0 Å². The van der Waals surface area contributed by atoms with E-state index in [9.17, 15) is 4.79 Å². The Kier molecular flexibility index (Phi) is 5.68. The van der Waals surface area contributed by atoms with Crippen LogP contribution in [0.2, 0.25) is 0 Å². The molecule has 2 N–H and O–H groups in total. The molecule has 6 nitrogen and oxygen atoms in total. The number of hydrogen-bond acceptors (Lipinski definition) is 5. The molecule has 1 aromatic heterocycles. The summed E-state index contributed by atoms with van der Waals surface area (Å²) in [6.45, 7) is 3.94. The molecule has 0 saturated heterocycles. The third-order valence-electron chi connectivity index (χ3n) is 4.11. The van der Waals surface area contributed by atoms with Crippen molar-refractivity contribution in [2.24, 2.45) is 5.10 Å². The molecule has 1 aliphatic carbocycles. The zero-order chi connectivity index (χ0) is 18.5. The van der Waals surface area contributed by atoms with Crippen LogP contribution in [0, 0.1) is 6.92 Å². The molecule has 2 aromatic rings. The van der Waals surface area contributed by atoms with Gasteiger partial charge in [-0.25, -0.2) is 4.79 Å². The number of carbonyl (C=O) groups excluding carboxylic acids is 1. The predicted octanol–water partition coefficient (Wildman–Crippen LogP) is 3.79. The molecular weight excluding hydrogens is 350 g/mol. The first-order valence-electron chi connectivity index (χ1n) is 8.58. The number of benzene rings is 1. The predicted molar refractivity (Wildman–Crippen MR) is 105 cm³/mol. The monoisotopic (exact) mass is 371 g/mol. The summed E-state index contributed by atoms with van der Waals surface area (Å²) in [5.74, 6) is 0.601. The standard InChI is InChI=1S/C19H21N3O3S/c1-3-24-18(23)17-12(2)16-14(10-7-11-15(16)25-17)21-22-19(26)20-13-8-5-4-6-9-13/h4-6,8-9H,3,7,10-11H2,1-2H3,(H2,20,22,26)/b21-14+. The summed E-state index contributed by atoms with van der Waals surface area (Å²) in [4.78, 5) is 12.1. The fourth-order valence-corrected chi connectivity index (χ4v) is 3.13. The lowest BCUT2D eigenvalue weighted by Crippen LogP contribution is -2.26. The SMILES string of the molecule is CCOC(=O)c1oc2c(c1C)/C(=N/NC(=S)Nc1ccccc1)CCC2. The smallest absolute Gasteiger partial charge is 0.374 e. The van der Waals surface area contributed by atoms with Crippen LogP contribution in [0.25, 0.3) is 0 Å². The van der Waals surface area contributed by atoms with E-state index in [1.54, 1.807) is 6.92 Å². The van der Waals surface area contributed by atoms with Crippen LogP contribution >= 0.6 is 12.2 Å². The maximum atomic E-state index is 12.1. The number of fused-ring (bicyclic) bond motifs is 1. The van der Waals surface area contributed by atoms with E-state index in [0.717, 1.165) is 47.5 Å². The van der Waals surface area contributed by atoms with Gasteiger partial charge < -0.3 is 14.5 Å². The first-order valence-corrected chi connectivity index (χ1v) is 8.99. The van der Waals surface area contributed by atoms with Crippen LogP contribution in [0.15, 0.2) is 39.9 Å². The van der Waals surface area contributed by atoms with Crippen molar-refractivity contribution in [2.75, 3.05) is 11.9 Å². The number of thiocarbonyl (C=S) groups is 1. The molecule has 0 aliphatic heterocycles. The summed E-state index contributed by atoms with van der Waals surface area (Å²) in [5.41, 5.74) is 6.25. The van der Waals surface area contributed by atoms with Gasteiger partial charge in [-0.05, 0) is 51.0 Å². The molecule has 0 bridgehead atoms. The molecule has 1 aliphatic rings. The van der Waals surface area contributed by atoms with Gasteiger partial charge in [0.2, 0.25) is 5.76 Å². The molecule has 0 unspecified atom stereocenters. The molecule has 0 radical (unpaired) electrons. The molecule has 0 spiro atoms. The number of nitrogens with one attached hydrogen (secondary N) is 2. The van der Waals surface area contributed by atoms with Gasteiger partial charge >= 0.3 is 5.97 Å². The van der Waals surface area contributed by atoms with Crippen molar-refractivity contribution in [2.45, 2.75) is 33.1 Å². The Balaban J connectivity index is 1.77. The minimum absolute atomic E-state index is 0.261. The van der Waals surface area contributed by atoms with Crippen molar-refractivity contribution in [1.29, 1.82) is 0 Å². The average Bonchev–Trinajstić information content (AvgIpc) is 2.99. The van der Waals surface area contributed by atoms with Gasteiger partial charge in [-0.2, -0.15) is 5.10 Å². The highest BCUT2D eigenvalue weighted by Gasteiger charge is 2.28. The van der Waals surface area contributed by atoms with Crippen molar-refractivity contribution in [3.8, 4) is 0 Å². The second kappa shape index (κ2) is 8.14. The number of furan rings is 1. The number of anilines is 1. The zero-order valence-corrected chi connectivity index (χ0v) is 15.6. The largest absolute Gasteiger partial charge is 0.460 e. The normalized spacial score (nSPS) is 14.6. The Bertz CT molecular complexity index is 843. The average molecular weight is 371 g/mol. The van der Waals surface area contributed by atoms with Crippen LogP contribution in [0.3, 0.4) is 0 Å². The summed E-state index contributed by atoms with van der Waals surface area (Å²) >= 11 is 5.29. The van der Waals surface area contributed by atoms with E-state index in [1.807, 2.05) is 37.3 Å². The van der Waals surface area contributed by atoms with Gasteiger partial charge in [0.05, 0.1) is 12.3 Å². The van der Waals surface area contributed by atoms with Crippen LogP contribution in [0.1, 0.15) is 47.2 Å². The Morgan fingerprint density at radius 1 is 1.31 bits per heavy atom. The molecule has 0 saturated carbocycles. The zero-order valence-electron chi connectivity index (χ0n) is 14.8. The van der Waals surface area contributed by atoms with Crippen LogP contribution < -0.4 is 10.7 Å². The van der Waals surface area contributed by atoms with Crippen molar-refractivity contribution < 1.29 is 13.9 Å². The van der Waals surface area contributed by atoms with E-state index >= 15 is 0 Å². The van der Waals surface area contributed by atoms with Crippen LogP contribution in [-0.4, -0.2) is 23.4 Å². The van der Waals surface area contributed by atoms with Gasteiger partial charge in [0.1, 0.15) is 5.76 Å². The molecule has 0 amide bonds. The van der Waals surface area contributed by atoms with Gasteiger partial charge in [0.25, 0.3) is 0 Å². The number of rotatable bonds is 4. The summed E-state index contributed by atoms with van der Waals surface area (Å²) in [6, 6.07) is 9.64. The van der Waals surface area contributed by atoms with E-state index in [1.165, 1.54) is 0 Å². The third-order valence-corrected chi connectivity index (χ3v) is 4.30. The molecule has 1 heterocycles. The Hall–Kier alpha value is -2.67. The number of para-hydroxylation sites is 1. The van der Waals surface area contributed by atoms with Gasteiger partial charge in [-0.1, -0.05) is 18.2 Å². The van der Waals surface area contributed by atoms with Crippen LogP contribution in [0.4, 0.5) is 5.69 Å². The molecule has 1 aromatic carbocycles. The van der Waals surface area contributed by atoms with E-state index in [0.29, 0.717) is 11.7 Å². The fraction of sp³-hybridized carbons (Fsp3) is 0.316. The first-order chi connectivity index (χ1) is 12.6. The van der Waals surface area contributed by atoms with Gasteiger partial charge in [-0.15, -0.1) is 0 Å². The Morgan fingerprint density at radius 3 is 2.81 bits per heavy atom. The molecule has 136 valence electrons. The molecule has 0 atom stereocenters. The molecule has 3 rings (SSSR count). The molecule has 7 heteroatoms. The number of ether oxygens (including phenoxy) is 1. The maximum Gasteiger partial charge on any atom is 0.374 e. The highest BCUT2D eigenvalue weighted by atomic mass is 32.1. The summed E-state index contributed by atoms with van der Waals surface area (Å²) in [6.07, 6.45) is 2.47. The van der Waals surface area contributed by atoms with E-state index < -0.39 is 5.97 Å². The van der Waals surface area contributed by atoms with E-state index in [-0.39, 0.29) is 5.76 Å². The van der Waals surface area contributed by atoms with E-state index in [4.69, 9.17) is 21.4 Å². The van der Waals surface area contributed by atoms with Crippen molar-refractivity contribution in [3.63, 3.8) is 0 Å². The molecule has 0 fully saturated rings. The quantitative estimate of drug-likeness (QED) is 0.484. The lowest BCUT2D eigenvalue weighted by Gasteiger charge is -2.14. The lowest BCUT2D eigenvalue weighted by atomic mass is 9.93. The van der Waals surface area contributed by atoms with E-state index in [2.05, 4.69) is 15.8 Å². The van der Waals surface area contributed by atoms with Crippen molar-refractivity contribution >= 4 is 34.7 Å². The van der Waals surface area contributed by atoms with Crippen LogP contribution in [-0.2, 0) is 11.2 Å². The van der Waals surface area contributed by atoms with Crippen LogP contribution in [0.5, 0.6) is 0 Å². The first kappa shape index (κ1) is 18.1. The number of carbonyl (C=O) groups is 1. The Labute approximate surface area is 157 Å². The summed E-state index contributed by atoms with van der Waals surface area (Å²) < 4.78 is 10.8. The highest BCUT2D eigenvalue weighted by Crippen LogP contribution is 2.30. The number of aryl methyl sites for hydroxylation is 1. The lowest BCUT2D eigenvalue weighted by molar-refractivity contribution is 0.0487. The van der Waals surface area contributed by atoms with Gasteiger partial charge in [-0.3, -0.25) is 5.43 Å². The third kappa shape index (κ3) is 3.94. The van der Waals surface area contributed by atoms with Gasteiger partial charge in [0.15, 0.2) is 5.11 Å². The fourth-order valence-electron chi connectivity index (χ4n) is 2.97. The molecule has 26 heavy (non-hydrogen) atoms. The second-order valence-electron chi connectivity index (χ2n) is 5.92. The summed E-state index contributed by atoms with van der Waals surface area (Å²) in [7, 11) is 0. The number of nitrogens with zero attached hydrogens (tertiary/aromatic N) is 1. The van der Waals surface area contributed by atoms with Crippen molar-refractivity contribution in [1.82, 2.24) is 5.43 Å². The Morgan fingerprint density at radius 2 is 2.08 bits per heavy atom. The summed E-state index contributed by atoms with van der Waals surface area (Å²) in [5, 5.41) is 7.93. The van der Waals surface area contributed by atoms with Gasteiger partial charge in [0, 0.05) is 23.2 Å². The number of esters is 1. The highest BCUT2D eigenvalue weighted by molar-refractivity contribution is 7.80. The maximum absolute atomic E-state index is 12.1. The number of hydrogen-bond donors (Lipinski definition) is 2. The minimum atomic E-state index is -0.437.